The van der Waals surface area contributed by atoms with E-state index in [2.05, 4.69) is 18.7 Å². The summed E-state index contributed by atoms with van der Waals surface area (Å²) in [5.41, 5.74) is 0. The standard InChI is InChI=1S/C15H25N3O5/c1-11(2)16-5-6-23-12(8-16)7-13(19)17-3-4-18(10-15(21)22)14(20)9-17/h11-12H,3-10H2,1-2H3,(H,21,22). The third-order valence-corrected chi connectivity index (χ3v) is 4.30. The number of carboxylic acids is 1. The smallest absolute Gasteiger partial charge is 0.323 e. The summed E-state index contributed by atoms with van der Waals surface area (Å²) in [5, 5.41) is 8.75. The lowest BCUT2D eigenvalue weighted by atomic mass is 10.1. The Hall–Kier alpha value is -1.67. The molecule has 2 amide bonds. The first-order valence-corrected chi connectivity index (χ1v) is 7.99. The van der Waals surface area contributed by atoms with E-state index in [-0.39, 0.29) is 44.0 Å². The predicted molar refractivity (Wildman–Crippen MR) is 81.9 cm³/mol. The molecule has 2 fully saturated rings. The van der Waals surface area contributed by atoms with Crippen molar-refractivity contribution in [3.63, 3.8) is 0 Å². The largest absolute Gasteiger partial charge is 0.480 e. The number of amides is 2. The van der Waals surface area contributed by atoms with E-state index in [1.165, 1.54) is 9.80 Å². The van der Waals surface area contributed by atoms with Crippen LogP contribution in [0.3, 0.4) is 0 Å². The van der Waals surface area contributed by atoms with E-state index in [1.54, 1.807) is 0 Å². The lowest BCUT2D eigenvalue weighted by Crippen LogP contribution is -2.54. The van der Waals surface area contributed by atoms with Crippen LogP contribution in [0.5, 0.6) is 0 Å². The first-order valence-electron chi connectivity index (χ1n) is 7.99. The molecule has 0 aliphatic carbocycles. The van der Waals surface area contributed by atoms with Gasteiger partial charge in [-0.1, -0.05) is 0 Å². The molecule has 23 heavy (non-hydrogen) atoms. The van der Waals surface area contributed by atoms with Crippen LogP contribution >= 0.6 is 0 Å². The van der Waals surface area contributed by atoms with E-state index in [9.17, 15) is 14.4 Å². The summed E-state index contributed by atoms with van der Waals surface area (Å²) in [5.74, 6) is -1.47. The maximum atomic E-state index is 12.4. The van der Waals surface area contributed by atoms with Crippen LogP contribution in [0.2, 0.25) is 0 Å². The highest BCUT2D eigenvalue weighted by Gasteiger charge is 2.31. The van der Waals surface area contributed by atoms with Gasteiger partial charge in [-0.3, -0.25) is 19.3 Å². The Labute approximate surface area is 136 Å². The van der Waals surface area contributed by atoms with Crippen molar-refractivity contribution >= 4 is 17.8 Å². The van der Waals surface area contributed by atoms with Crippen molar-refractivity contribution in [2.45, 2.75) is 32.4 Å². The number of carbonyl (C=O) groups is 3. The van der Waals surface area contributed by atoms with Gasteiger partial charge in [0.15, 0.2) is 0 Å². The summed E-state index contributed by atoms with van der Waals surface area (Å²) in [7, 11) is 0. The maximum absolute atomic E-state index is 12.4. The van der Waals surface area contributed by atoms with Gasteiger partial charge in [0.1, 0.15) is 6.54 Å². The molecule has 8 nitrogen and oxygen atoms in total. The van der Waals surface area contributed by atoms with Gasteiger partial charge in [0.05, 0.1) is 25.7 Å². The zero-order valence-electron chi connectivity index (χ0n) is 13.7. The minimum atomic E-state index is -1.04. The summed E-state index contributed by atoms with van der Waals surface area (Å²) in [6.07, 6.45) is 0.112. The Morgan fingerprint density at radius 1 is 1.30 bits per heavy atom. The van der Waals surface area contributed by atoms with Crippen molar-refractivity contribution in [2.24, 2.45) is 0 Å². The second-order valence-corrected chi connectivity index (χ2v) is 6.31. The number of piperazine rings is 1. The molecule has 130 valence electrons. The molecule has 0 bridgehead atoms. The average molecular weight is 327 g/mol. The van der Waals surface area contributed by atoms with Gasteiger partial charge in [0, 0.05) is 32.2 Å². The lowest BCUT2D eigenvalue weighted by molar-refractivity contribution is -0.151. The molecule has 8 heteroatoms. The number of rotatable bonds is 5. The van der Waals surface area contributed by atoms with Crippen LogP contribution < -0.4 is 0 Å². The molecule has 0 radical (unpaired) electrons. The molecular weight excluding hydrogens is 302 g/mol. The maximum Gasteiger partial charge on any atom is 0.323 e. The number of carboxylic acid groups (broad SMARTS) is 1. The fraction of sp³-hybridized carbons (Fsp3) is 0.800. The van der Waals surface area contributed by atoms with E-state index in [4.69, 9.17) is 9.84 Å². The minimum absolute atomic E-state index is 0.0489. The number of carbonyl (C=O) groups excluding carboxylic acids is 2. The van der Waals surface area contributed by atoms with Crippen LogP contribution in [0.15, 0.2) is 0 Å². The quantitative estimate of drug-likeness (QED) is 0.714. The summed E-state index contributed by atoms with van der Waals surface area (Å²) < 4.78 is 5.66. The Balaban J connectivity index is 1.82. The van der Waals surface area contributed by atoms with Crippen LogP contribution in [-0.2, 0) is 19.1 Å². The van der Waals surface area contributed by atoms with Crippen molar-refractivity contribution in [1.82, 2.24) is 14.7 Å². The number of hydrogen-bond donors (Lipinski definition) is 1. The second kappa shape index (κ2) is 7.74. The minimum Gasteiger partial charge on any atom is -0.480 e. The van der Waals surface area contributed by atoms with Gasteiger partial charge in [-0.05, 0) is 13.8 Å². The molecule has 2 saturated heterocycles. The molecule has 0 spiro atoms. The molecule has 2 rings (SSSR count). The van der Waals surface area contributed by atoms with Gasteiger partial charge in [-0.2, -0.15) is 0 Å². The van der Waals surface area contributed by atoms with Crippen molar-refractivity contribution in [3.8, 4) is 0 Å². The molecular formula is C15H25N3O5. The van der Waals surface area contributed by atoms with Gasteiger partial charge in [0.25, 0.3) is 0 Å². The molecule has 2 aliphatic rings. The number of aliphatic carboxylic acids is 1. The van der Waals surface area contributed by atoms with Crippen LogP contribution in [0.4, 0.5) is 0 Å². The summed E-state index contributed by atoms with van der Waals surface area (Å²) in [4.78, 5) is 40.0. The average Bonchev–Trinajstić information content (AvgIpc) is 2.49. The topological polar surface area (TPSA) is 90.4 Å². The van der Waals surface area contributed by atoms with Crippen LogP contribution in [-0.4, -0.2) is 95.6 Å². The molecule has 0 aromatic rings. The molecule has 1 atom stereocenters. The Morgan fingerprint density at radius 3 is 2.65 bits per heavy atom. The van der Waals surface area contributed by atoms with E-state index in [0.717, 1.165) is 13.1 Å². The van der Waals surface area contributed by atoms with Gasteiger partial charge >= 0.3 is 5.97 Å². The SMILES string of the molecule is CC(C)N1CCOC(CC(=O)N2CCN(CC(=O)O)C(=O)C2)C1. The van der Waals surface area contributed by atoms with Crippen LogP contribution in [0.1, 0.15) is 20.3 Å². The van der Waals surface area contributed by atoms with Gasteiger partial charge < -0.3 is 19.6 Å². The number of hydrogen-bond acceptors (Lipinski definition) is 5. The first-order chi connectivity index (χ1) is 10.9. The fourth-order valence-electron chi connectivity index (χ4n) is 2.91. The number of nitrogens with zero attached hydrogens (tertiary/aromatic N) is 3. The van der Waals surface area contributed by atoms with Crippen molar-refractivity contribution < 1.29 is 24.2 Å². The van der Waals surface area contributed by atoms with E-state index in [0.29, 0.717) is 19.2 Å². The molecule has 1 unspecified atom stereocenters. The normalized spacial score (nSPS) is 23.4. The molecule has 0 aromatic carbocycles. The van der Waals surface area contributed by atoms with E-state index < -0.39 is 5.97 Å². The van der Waals surface area contributed by atoms with E-state index in [1.807, 2.05) is 0 Å². The van der Waals surface area contributed by atoms with Crippen molar-refractivity contribution in [1.29, 1.82) is 0 Å². The Morgan fingerprint density at radius 2 is 2.04 bits per heavy atom. The monoisotopic (exact) mass is 327 g/mol. The molecule has 1 N–H and O–H groups in total. The molecule has 0 saturated carbocycles. The molecule has 0 aromatic heterocycles. The molecule has 2 heterocycles. The summed E-state index contributed by atoms with van der Waals surface area (Å²) >= 11 is 0. The van der Waals surface area contributed by atoms with Gasteiger partial charge in [0.2, 0.25) is 11.8 Å². The third-order valence-electron chi connectivity index (χ3n) is 4.30. The first kappa shape index (κ1) is 17.7. The van der Waals surface area contributed by atoms with Crippen LogP contribution in [0, 0.1) is 0 Å². The highest BCUT2D eigenvalue weighted by atomic mass is 16.5. The van der Waals surface area contributed by atoms with Crippen molar-refractivity contribution in [3.05, 3.63) is 0 Å². The fourth-order valence-corrected chi connectivity index (χ4v) is 2.91. The zero-order chi connectivity index (χ0) is 17.0. The second-order valence-electron chi connectivity index (χ2n) is 6.31. The number of morpholine rings is 1. The van der Waals surface area contributed by atoms with Crippen molar-refractivity contribution in [2.75, 3.05) is 45.9 Å². The zero-order valence-corrected chi connectivity index (χ0v) is 13.7. The predicted octanol–water partition coefficient (Wildman–Crippen LogP) is -0.759. The summed E-state index contributed by atoms with van der Waals surface area (Å²) in [6, 6.07) is 0.414. The van der Waals surface area contributed by atoms with Gasteiger partial charge in [-0.15, -0.1) is 0 Å². The third kappa shape index (κ3) is 4.90. The lowest BCUT2D eigenvalue weighted by Gasteiger charge is -2.37. The van der Waals surface area contributed by atoms with Crippen LogP contribution in [0.25, 0.3) is 0 Å². The summed E-state index contributed by atoms with van der Waals surface area (Å²) in [6.45, 7) is 6.71. The molecule has 2 aliphatic heterocycles. The van der Waals surface area contributed by atoms with Gasteiger partial charge in [-0.25, -0.2) is 0 Å². The highest BCUT2D eigenvalue weighted by Crippen LogP contribution is 2.14. The Bertz CT molecular complexity index is 468. The highest BCUT2D eigenvalue weighted by molar-refractivity contribution is 5.88. The van der Waals surface area contributed by atoms with E-state index >= 15 is 0 Å². The Kier molecular flexibility index (Phi) is 5.95. The number of ether oxygens (including phenoxy) is 1.